The maximum atomic E-state index is 12.4. The molecule has 134 valence electrons. The summed E-state index contributed by atoms with van der Waals surface area (Å²) in [7, 11) is 0. The van der Waals surface area contributed by atoms with E-state index in [1.807, 2.05) is 30.8 Å². The summed E-state index contributed by atoms with van der Waals surface area (Å²) in [6, 6.07) is 8.26. The van der Waals surface area contributed by atoms with E-state index in [-0.39, 0.29) is 18.1 Å². The second-order valence-electron chi connectivity index (χ2n) is 6.40. The van der Waals surface area contributed by atoms with Crippen molar-refractivity contribution in [3.05, 3.63) is 42.2 Å². The highest BCUT2D eigenvalue weighted by Crippen LogP contribution is 2.27. The average Bonchev–Trinajstić information content (AvgIpc) is 3.18. The van der Waals surface area contributed by atoms with Gasteiger partial charge in [-0.05, 0) is 30.0 Å². The molecule has 1 saturated heterocycles. The predicted octanol–water partition coefficient (Wildman–Crippen LogP) is 3.06. The van der Waals surface area contributed by atoms with Crippen molar-refractivity contribution in [3.63, 3.8) is 0 Å². The molecule has 0 saturated carbocycles. The Hall–Kier alpha value is -2.35. The molecule has 1 aromatic carbocycles. The van der Waals surface area contributed by atoms with Gasteiger partial charge in [-0.15, -0.1) is 11.3 Å². The van der Waals surface area contributed by atoms with Gasteiger partial charge in [0.15, 0.2) is 0 Å². The molecule has 2 atom stereocenters. The van der Waals surface area contributed by atoms with Gasteiger partial charge in [-0.25, -0.2) is 4.98 Å². The number of aromatic nitrogens is 2. The Morgan fingerprint density at radius 2 is 2.27 bits per heavy atom. The van der Waals surface area contributed by atoms with Crippen LogP contribution in [0.15, 0.2) is 42.2 Å². The fourth-order valence-electron chi connectivity index (χ4n) is 3.11. The zero-order valence-corrected chi connectivity index (χ0v) is 15.3. The molecule has 0 aliphatic carbocycles. The number of anilines is 1. The summed E-state index contributed by atoms with van der Waals surface area (Å²) in [5.74, 6) is 0.469. The van der Waals surface area contributed by atoms with E-state index in [9.17, 15) is 4.79 Å². The van der Waals surface area contributed by atoms with Crippen molar-refractivity contribution >= 4 is 33.8 Å². The number of hydrogen-bond donors (Lipinski definition) is 2. The third kappa shape index (κ3) is 3.75. The van der Waals surface area contributed by atoms with Gasteiger partial charge in [0.25, 0.3) is 0 Å². The fourth-order valence-corrected chi connectivity index (χ4v) is 3.73. The minimum atomic E-state index is -0.109. The molecule has 1 aliphatic heterocycles. The minimum Gasteiger partial charge on any atom is -0.375 e. The van der Waals surface area contributed by atoms with Gasteiger partial charge in [0, 0.05) is 30.4 Å². The van der Waals surface area contributed by atoms with Crippen LogP contribution >= 0.6 is 11.3 Å². The lowest BCUT2D eigenvalue weighted by Crippen LogP contribution is -2.47. The lowest BCUT2D eigenvalue weighted by Gasteiger charge is -2.29. The molecule has 0 spiro atoms. The Morgan fingerprint density at radius 3 is 3.08 bits per heavy atom. The van der Waals surface area contributed by atoms with Crippen molar-refractivity contribution < 1.29 is 9.53 Å². The Morgan fingerprint density at radius 1 is 1.35 bits per heavy atom. The molecule has 1 amide bonds. The van der Waals surface area contributed by atoms with Crippen LogP contribution in [0.5, 0.6) is 0 Å². The van der Waals surface area contributed by atoms with E-state index in [1.54, 1.807) is 17.5 Å². The van der Waals surface area contributed by atoms with Crippen molar-refractivity contribution in [2.75, 3.05) is 18.5 Å². The quantitative estimate of drug-likeness (QED) is 0.740. The Labute approximate surface area is 155 Å². The van der Waals surface area contributed by atoms with Crippen LogP contribution in [0.2, 0.25) is 0 Å². The first-order chi connectivity index (χ1) is 12.7. The molecule has 0 radical (unpaired) electrons. The third-order valence-corrected chi connectivity index (χ3v) is 5.37. The molecular weight excluding hydrogens is 348 g/mol. The SMILES string of the molecule is CC1NCCOC1CC(=O)Nc1cc2cc(-c3cncs3)ccc2cn1. The highest BCUT2D eigenvalue weighted by atomic mass is 32.1. The van der Waals surface area contributed by atoms with Crippen molar-refractivity contribution in [1.29, 1.82) is 0 Å². The molecular formula is C19H20N4O2S. The molecule has 0 bridgehead atoms. The first-order valence-electron chi connectivity index (χ1n) is 8.62. The van der Waals surface area contributed by atoms with Crippen molar-refractivity contribution in [1.82, 2.24) is 15.3 Å². The van der Waals surface area contributed by atoms with Crippen LogP contribution in [0.1, 0.15) is 13.3 Å². The number of nitrogens with zero attached hydrogens (tertiary/aromatic N) is 2. The first-order valence-corrected chi connectivity index (χ1v) is 9.50. The minimum absolute atomic E-state index is 0.0870. The van der Waals surface area contributed by atoms with Crippen LogP contribution in [-0.2, 0) is 9.53 Å². The summed E-state index contributed by atoms with van der Waals surface area (Å²) in [6.45, 7) is 3.50. The fraction of sp³-hybridized carbons (Fsp3) is 0.316. The second-order valence-corrected chi connectivity index (χ2v) is 7.29. The number of hydrogen-bond acceptors (Lipinski definition) is 6. The van der Waals surface area contributed by atoms with Crippen LogP contribution in [0, 0.1) is 0 Å². The van der Waals surface area contributed by atoms with Gasteiger partial charge >= 0.3 is 0 Å². The lowest BCUT2D eigenvalue weighted by molar-refractivity contribution is -0.120. The molecule has 4 rings (SSSR count). The van der Waals surface area contributed by atoms with Gasteiger partial charge in [0.1, 0.15) is 5.82 Å². The van der Waals surface area contributed by atoms with Crippen LogP contribution in [0.3, 0.4) is 0 Å². The highest BCUT2D eigenvalue weighted by Gasteiger charge is 2.24. The summed E-state index contributed by atoms with van der Waals surface area (Å²) in [6.07, 6.45) is 3.84. The summed E-state index contributed by atoms with van der Waals surface area (Å²) < 4.78 is 5.68. The number of morpholine rings is 1. The van der Waals surface area contributed by atoms with E-state index in [0.29, 0.717) is 18.8 Å². The number of carbonyl (C=O) groups is 1. The van der Waals surface area contributed by atoms with Gasteiger partial charge in [-0.2, -0.15) is 0 Å². The second kappa shape index (κ2) is 7.49. The average molecular weight is 368 g/mol. The van der Waals surface area contributed by atoms with E-state index >= 15 is 0 Å². The molecule has 3 heterocycles. The van der Waals surface area contributed by atoms with Crippen LogP contribution in [0.25, 0.3) is 21.2 Å². The van der Waals surface area contributed by atoms with Gasteiger partial charge in [-0.3, -0.25) is 9.78 Å². The standard InChI is InChI=1S/C19H20N4O2S/c1-12-16(25-5-4-21-12)8-19(24)23-18-7-15-6-13(17-10-20-11-26-17)2-3-14(15)9-22-18/h2-3,6-7,9-12,16,21H,4-5,8H2,1H3,(H,22,23,24). The number of fused-ring (bicyclic) bond motifs is 1. The van der Waals surface area contributed by atoms with Gasteiger partial charge in [0.2, 0.25) is 5.91 Å². The van der Waals surface area contributed by atoms with Gasteiger partial charge < -0.3 is 15.4 Å². The zero-order valence-electron chi connectivity index (χ0n) is 14.4. The molecule has 1 fully saturated rings. The number of amides is 1. The number of thiazole rings is 1. The number of benzene rings is 1. The number of nitrogens with one attached hydrogen (secondary N) is 2. The zero-order chi connectivity index (χ0) is 17.9. The molecule has 26 heavy (non-hydrogen) atoms. The lowest BCUT2D eigenvalue weighted by atomic mass is 10.1. The molecule has 1 aliphatic rings. The van der Waals surface area contributed by atoms with Crippen molar-refractivity contribution in [2.24, 2.45) is 0 Å². The smallest absolute Gasteiger partial charge is 0.228 e. The van der Waals surface area contributed by atoms with Crippen LogP contribution < -0.4 is 10.6 Å². The van der Waals surface area contributed by atoms with E-state index in [2.05, 4.69) is 32.7 Å². The highest BCUT2D eigenvalue weighted by molar-refractivity contribution is 7.13. The Bertz CT molecular complexity index is 913. The maximum Gasteiger partial charge on any atom is 0.228 e. The normalized spacial score (nSPS) is 20.2. The van der Waals surface area contributed by atoms with Crippen molar-refractivity contribution in [3.8, 4) is 10.4 Å². The van der Waals surface area contributed by atoms with Crippen LogP contribution in [-0.4, -0.2) is 41.2 Å². The van der Waals surface area contributed by atoms with E-state index in [0.717, 1.165) is 27.8 Å². The number of pyridine rings is 1. The van der Waals surface area contributed by atoms with Gasteiger partial charge in [0.05, 0.1) is 29.5 Å². The third-order valence-electron chi connectivity index (χ3n) is 4.55. The number of carbonyl (C=O) groups excluding carboxylic acids is 1. The summed E-state index contributed by atoms with van der Waals surface area (Å²) >= 11 is 1.60. The maximum absolute atomic E-state index is 12.4. The van der Waals surface area contributed by atoms with Crippen LogP contribution in [0.4, 0.5) is 5.82 Å². The summed E-state index contributed by atoms with van der Waals surface area (Å²) in [5, 5.41) is 8.27. The van der Waals surface area contributed by atoms with Crippen molar-refractivity contribution in [2.45, 2.75) is 25.5 Å². The topological polar surface area (TPSA) is 76.1 Å². The molecule has 2 N–H and O–H groups in total. The number of ether oxygens (including phenoxy) is 1. The largest absolute Gasteiger partial charge is 0.375 e. The monoisotopic (exact) mass is 368 g/mol. The van der Waals surface area contributed by atoms with Gasteiger partial charge in [-0.1, -0.05) is 12.1 Å². The van der Waals surface area contributed by atoms with E-state index in [4.69, 9.17) is 4.74 Å². The predicted molar refractivity (Wildman–Crippen MR) is 103 cm³/mol. The molecule has 2 aromatic heterocycles. The van der Waals surface area contributed by atoms with E-state index < -0.39 is 0 Å². The Kier molecular flexibility index (Phi) is 4.92. The molecule has 6 nitrogen and oxygen atoms in total. The molecule has 3 aromatic rings. The number of rotatable bonds is 4. The van der Waals surface area contributed by atoms with E-state index in [1.165, 1.54) is 0 Å². The Balaban J connectivity index is 1.50. The summed E-state index contributed by atoms with van der Waals surface area (Å²) in [4.78, 5) is 21.9. The molecule has 7 heteroatoms. The summed E-state index contributed by atoms with van der Waals surface area (Å²) in [5.41, 5.74) is 2.93. The molecule has 2 unspecified atom stereocenters. The first kappa shape index (κ1) is 17.1.